The minimum atomic E-state index is 0.641. The summed E-state index contributed by atoms with van der Waals surface area (Å²) in [5.41, 5.74) is 3.10. The molecule has 0 amide bonds. The summed E-state index contributed by atoms with van der Waals surface area (Å²) >= 11 is 0. The molecule has 3 rings (SSSR count). The maximum Gasteiger partial charge on any atom is 0.163 e. The summed E-state index contributed by atoms with van der Waals surface area (Å²) in [4.78, 5) is 11.3. The Morgan fingerprint density at radius 1 is 0.962 bits per heavy atom. The molecule has 2 aromatic carbocycles. The summed E-state index contributed by atoms with van der Waals surface area (Å²) in [7, 11) is 4.05. The van der Waals surface area contributed by atoms with Gasteiger partial charge in [0.1, 0.15) is 11.6 Å². The zero-order valence-electron chi connectivity index (χ0n) is 15.1. The first-order chi connectivity index (χ1) is 12.7. The van der Waals surface area contributed by atoms with Gasteiger partial charge in [0, 0.05) is 43.6 Å². The number of hydrogen-bond donors (Lipinski definition) is 2. The van der Waals surface area contributed by atoms with Gasteiger partial charge in [0.15, 0.2) is 5.82 Å². The van der Waals surface area contributed by atoms with Gasteiger partial charge in [-0.2, -0.15) is 0 Å². The number of nitrogens with one attached hydrogen (secondary N) is 2. The van der Waals surface area contributed by atoms with Crippen LogP contribution < -0.4 is 15.5 Å². The van der Waals surface area contributed by atoms with E-state index in [1.807, 2.05) is 62.6 Å². The second-order valence-corrected chi connectivity index (χ2v) is 6.06. The van der Waals surface area contributed by atoms with E-state index in [-0.39, 0.29) is 0 Å². The molecule has 0 unspecified atom stereocenters. The van der Waals surface area contributed by atoms with E-state index >= 15 is 0 Å². The molecule has 2 N–H and O–H groups in total. The van der Waals surface area contributed by atoms with E-state index in [1.54, 1.807) is 6.08 Å². The predicted octanol–water partition coefficient (Wildman–Crippen LogP) is 4.55. The number of hydrogen-bond acceptors (Lipinski definition) is 5. The number of nitrogens with zero attached hydrogens (tertiary/aromatic N) is 3. The molecule has 132 valence electrons. The molecule has 1 aromatic heterocycles. The van der Waals surface area contributed by atoms with Crippen LogP contribution >= 0.6 is 0 Å². The molecule has 0 radical (unpaired) electrons. The number of anilines is 4. The average molecular weight is 345 g/mol. The highest BCUT2D eigenvalue weighted by Crippen LogP contribution is 2.24. The highest BCUT2D eigenvalue weighted by Gasteiger charge is 2.07. The molecule has 0 spiro atoms. The molecule has 3 aromatic rings. The van der Waals surface area contributed by atoms with Crippen molar-refractivity contribution in [2.24, 2.45) is 0 Å². The van der Waals surface area contributed by atoms with Gasteiger partial charge in [-0.3, -0.25) is 0 Å². The molecule has 26 heavy (non-hydrogen) atoms. The summed E-state index contributed by atoms with van der Waals surface area (Å²) in [5, 5.41) is 6.60. The first-order valence-electron chi connectivity index (χ1n) is 8.49. The third-order valence-electron chi connectivity index (χ3n) is 3.84. The van der Waals surface area contributed by atoms with E-state index in [9.17, 15) is 0 Å². The Hall–Kier alpha value is -3.34. The molecule has 0 aliphatic heterocycles. The van der Waals surface area contributed by atoms with Crippen LogP contribution in [0.3, 0.4) is 0 Å². The van der Waals surface area contributed by atoms with Crippen LogP contribution in [-0.2, 0) is 0 Å². The van der Waals surface area contributed by atoms with Gasteiger partial charge in [-0.05, 0) is 24.3 Å². The monoisotopic (exact) mass is 345 g/mol. The van der Waals surface area contributed by atoms with E-state index in [4.69, 9.17) is 0 Å². The van der Waals surface area contributed by atoms with Crippen molar-refractivity contribution in [1.82, 2.24) is 9.97 Å². The van der Waals surface area contributed by atoms with Gasteiger partial charge in [-0.15, -0.1) is 6.58 Å². The molecule has 1 heterocycles. The van der Waals surface area contributed by atoms with Crippen LogP contribution in [0.1, 0.15) is 0 Å². The molecule has 0 saturated carbocycles. The summed E-state index contributed by atoms with van der Waals surface area (Å²) in [5.74, 6) is 2.17. The van der Waals surface area contributed by atoms with Crippen molar-refractivity contribution in [1.29, 1.82) is 0 Å². The standard InChI is InChI=1S/C21H23N5/c1-4-14-22-19-15-20(23-17-10-12-18(13-11-17)26(2)3)25-21(24-19)16-8-6-5-7-9-16/h4-13,15H,1,14H2,2-3H3,(H2,22,23,24,25). The zero-order chi connectivity index (χ0) is 18.4. The predicted molar refractivity (Wildman–Crippen MR) is 110 cm³/mol. The quantitative estimate of drug-likeness (QED) is 0.615. The van der Waals surface area contributed by atoms with Crippen LogP contribution in [-0.4, -0.2) is 30.6 Å². The minimum Gasteiger partial charge on any atom is -0.378 e. The summed E-state index contributed by atoms with van der Waals surface area (Å²) < 4.78 is 0. The third-order valence-corrected chi connectivity index (χ3v) is 3.84. The summed E-state index contributed by atoms with van der Waals surface area (Å²) in [6.07, 6.45) is 1.80. The van der Waals surface area contributed by atoms with Gasteiger partial charge >= 0.3 is 0 Å². The van der Waals surface area contributed by atoms with Crippen molar-refractivity contribution >= 4 is 23.0 Å². The Bertz CT molecular complexity index is 857. The molecule has 0 fully saturated rings. The largest absolute Gasteiger partial charge is 0.378 e. The maximum absolute atomic E-state index is 4.67. The summed E-state index contributed by atoms with van der Waals surface area (Å²) in [6.45, 7) is 4.38. The van der Waals surface area contributed by atoms with Crippen LogP contribution in [0, 0.1) is 0 Å². The molecule has 0 aliphatic rings. The van der Waals surface area contributed by atoms with Crippen molar-refractivity contribution in [2.75, 3.05) is 36.2 Å². The number of aromatic nitrogens is 2. The van der Waals surface area contributed by atoms with Gasteiger partial charge < -0.3 is 15.5 Å². The highest BCUT2D eigenvalue weighted by molar-refractivity contribution is 5.66. The third kappa shape index (κ3) is 4.39. The lowest BCUT2D eigenvalue weighted by molar-refractivity contribution is 1.13. The molecular weight excluding hydrogens is 322 g/mol. The van der Waals surface area contributed by atoms with Crippen molar-refractivity contribution in [3.8, 4) is 11.4 Å². The highest BCUT2D eigenvalue weighted by atomic mass is 15.1. The van der Waals surface area contributed by atoms with Crippen molar-refractivity contribution in [3.05, 3.63) is 73.3 Å². The van der Waals surface area contributed by atoms with Crippen LogP contribution in [0.4, 0.5) is 23.0 Å². The van der Waals surface area contributed by atoms with Crippen LogP contribution in [0.25, 0.3) is 11.4 Å². The smallest absolute Gasteiger partial charge is 0.163 e. The Morgan fingerprint density at radius 3 is 2.31 bits per heavy atom. The second kappa shape index (κ2) is 8.16. The molecular formula is C21H23N5. The molecule has 0 bridgehead atoms. The maximum atomic E-state index is 4.67. The van der Waals surface area contributed by atoms with Crippen molar-refractivity contribution < 1.29 is 0 Å². The van der Waals surface area contributed by atoms with E-state index < -0.39 is 0 Å². The second-order valence-electron chi connectivity index (χ2n) is 6.06. The van der Waals surface area contributed by atoms with Crippen LogP contribution in [0.2, 0.25) is 0 Å². The first kappa shape index (κ1) is 17.5. The van der Waals surface area contributed by atoms with Crippen LogP contribution in [0.5, 0.6) is 0 Å². The van der Waals surface area contributed by atoms with Crippen molar-refractivity contribution in [3.63, 3.8) is 0 Å². The zero-order valence-corrected chi connectivity index (χ0v) is 15.1. The lowest BCUT2D eigenvalue weighted by Crippen LogP contribution is -2.08. The normalized spacial score (nSPS) is 10.2. The van der Waals surface area contributed by atoms with E-state index in [0.717, 1.165) is 28.6 Å². The van der Waals surface area contributed by atoms with Gasteiger partial charge in [-0.25, -0.2) is 9.97 Å². The average Bonchev–Trinajstić information content (AvgIpc) is 2.67. The van der Waals surface area contributed by atoms with Gasteiger partial charge in [0.25, 0.3) is 0 Å². The Morgan fingerprint density at radius 2 is 1.65 bits per heavy atom. The summed E-state index contributed by atoms with van der Waals surface area (Å²) in [6, 6.07) is 20.1. The Balaban J connectivity index is 1.90. The lowest BCUT2D eigenvalue weighted by Gasteiger charge is -2.14. The lowest BCUT2D eigenvalue weighted by atomic mass is 10.2. The molecule has 0 saturated heterocycles. The van der Waals surface area contributed by atoms with Crippen LogP contribution in [0.15, 0.2) is 73.3 Å². The first-order valence-corrected chi connectivity index (χ1v) is 8.49. The minimum absolute atomic E-state index is 0.641. The van der Waals surface area contributed by atoms with E-state index in [0.29, 0.717) is 12.4 Å². The molecule has 0 atom stereocenters. The Labute approximate surface area is 154 Å². The fourth-order valence-electron chi connectivity index (χ4n) is 2.49. The SMILES string of the molecule is C=CCNc1cc(Nc2ccc(N(C)C)cc2)nc(-c2ccccc2)n1. The van der Waals surface area contributed by atoms with Crippen molar-refractivity contribution in [2.45, 2.75) is 0 Å². The van der Waals surface area contributed by atoms with Gasteiger partial charge in [-0.1, -0.05) is 36.4 Å². The Kier molecular flexibility index (Phi) is 5.49. The molecule has 5 nitrogen and oxygen atoms in total. The fraction of sp³-hybridized carbons (Fsp3) is 0.143. The van der Waals surface area contributed by atoms with E-state index in [1.165, 1.54) is 0 Å². The number of benzene rings is 2. The topological polar surface area (TPSA) is 53.1 Å². The van der Waals surface area contributed by atoms with Gasteiger partial charge in [0.05, 0.1) is 0 Å². The molecule has 0 aliphatic carbocycles. The fourth-order valence-corrected chi connectivity index (χ4v) is 2.49. The van der Waals surface area contributed by atoms with E-state index in [2.05, 4.69) is 44.2 Å². The molecule has 5 heteroatoms. The van der Waals surface area contributed by atoms with Gasteiger partial charge in [0.2, 0.25) is 0 Å². The number of rotatable bonds is 7.